The van der Waals surface area contributed by atoms with Gasteiger partial charge in [0.1, 0.15) is 0 Å². The summed E-state index contributed by atoms with van der Waals surface area (Å²) in [7, 11) is -3.56. The van der Waals surface area contributed by atoms with Crippen LogP contribution in [0.4, 0.5) is 5.69 Å². The Kier molecular flexibility index (Phi) is 6.66. The lowest BCUT2D eigenvalue weighted by Gasteiger charge is -2.26. The number of nitrogens with zero attached hydrogens (tertiary/aromatic N) is 3. The Morgan fingerprint density at radius 1 is 1.03 bits per heavy atom. The van der Waals surface area contributed by atoms with E-state index in [0.29, 0.717) is 37.6 Å². The number of nitrogens with one attached hydrogen (secondary N) is 1. The summed E-state index contributed by atoms with van der Waals surface area (Å²) in [6.45, 7) is 1.46. The first-order chi connectivity index (χ1) is 15.0. The molecule has 31 heavy (non-hydrogen) atoms. The van der Waals surface area contributed by atoms with Crippen molar-refractivity contribution >= 4 is 33.4 Å². The lowest BCUT2D eigenvalue weighted by atomic mass is 10.2. The van der Waals surface area contributed by atoms with Gasteiger partial charge >= 0.3 is 0 Å². The van der Waals surface area contributed by atoms with Crippen LogP contribution in [-0.2, 0) is 19.6 Å². The molecule has 2 aromatic carbocycles. The van der Waals surface area contributed by atoms with E-state index in [-0.39, 0.29) is 27.7 Å². The molecule has 0 bridgehead atoms. The van der Waals surface area contributed by atoms with Crippen molar-refractivity contribution in [2.24, 2.45) is 0 Å². The summed E-state index contributed by atoms with van der Waals surface area (Å²) in [5.41, 5.74) is 1.31. The molecule has 0 unspecified atom stereocenters. The second-order valence-corrected chi connectivity index (χ2v) is 9.48. The van der Waals surface area contributed by atoms with Gasteiger partial charge in [0.15, 0.2) is 0 Å². The molecule has 0 spiro atoms. The third-order valence-corrected chi connectivity index (χ3v) is 7.23. The number of benzene rings is 2. The maximum atomic E-state index is 12.7. The number of carbonyl (C=O) groups excluding carboxylic acids is 1. The average Bonchev–Trinajstić information content (AvgIpc) is 3.28. The number of amides is 1. The minimum absolute atomic E-state index is 0.118. The van der Waals surface area contributed by atoms with Crippen LogP contribution >= 0.6 is 11.8 Å². The maximum Gasteiger partial charge on any atom is 0.277 e. The molecule has 1 fully saturated rings. The standard InChI is InChI=1S/C20H20N4O5S2/c25-18(21-16-4-2-1-3-5-16)14-30-20-23-22-19(29-20)15-6-8-17(9-7-15)31(26,27)24-10-12-28-13-11-24/h1-9H,10-14H2,(H,21,25). The molecule has 162 valence electrons. The largest absolute Gasteiger partial charge is 0.411 e. The van der Waals surface area contributed by atoms with E-state index in [4.69, 9.17) is 9.15 Å². The highest BCUT2D eigenvalue weighted by Crippen LogP contribution is 2.25. The third kappa shape index (κ3) is 5.31. The van der Waals surface area contributed by atoms with Crippen LogP contribution in [0.3, 0.4) is 0 Å². The van der Waals surface area contributed by atoms with E-state index in [0.717, 1.165) is 11.8 Å². The molecule has 1 amide bonds. The Morgan fingerprint density at radius 3 is 2.45 bits per heavy atom. The summed E-state index contributed by atoms with van der Waals surface area (Å²) >= 11 is 1.12. The van der Waals surface area contributed by atoms with Gasteiger partial charge in [-0.3, -0.25) is 4.79 Å². The van der Waals surface area contributed by atoms with Crippen LogP contribution in [0.15, 0.2) is 69.1 Å². The fourth-order valence-corrected chi connectivity index (χ4v) is 4.91. The summed E-state index contributed by atoms with van der Waals surface area (Å²) in [6.07, 6.45) is 0. The summed E-state index contributed by atoms with van der Waals surface area (Å²) in [5.74, 6) is 0.183. The zero-order valence-corrected chi connectivity index (χ0v) is 18.1. The number of hydrogen-bond donors (Lipinski definition) is 1. The van der Waals surface area contributed by atoms with E-state index >= 15 is 0 Å². The fourth-order valence-electron chi connectivity index (χ4n) is 2.94. The smallest absolute Gasteiger partial charge is 0.277 e. The predicted molar refractivity (Wildman–Crippen MR) is 115 cm³/mol. The molecule has 1 saturated heterocycles. The molecule has 11 heteroatoms. The molecule has 1 aromatic heterocycles. The maximum absolute atomic E-state index is 12.7. The highest BCUT2D eigenvalue weighted by atomic mass is 32.2. The Balaban J connectivity index is 1.37. The molecule has 0 saturated carbocycles. The highest BCUT2D eigenvalue weighted by molar-refractivity contribution is 7.99. The Hall–Kier alpha value is -2.73. The number of ether oxygens (including phenoxy) is 1. The van der Waals surface area contributed by atoms with Crippen LogP contribution in [0.1, 0.15) is 0 Å². The van der Waals surface area contributed by atoms with E-state index in [2.05, 4.69) is 15.5 Å². The molecule has 1 aliphatic rings. The van der Waals surface area contributed by atoms with Gasteiger partial charge in [-0.15, -0.1) is 10.2 Å². The van der Waals surface area contributed by atoms with Gasteiger partial charge in [-0.1, -0.05) is 30.0 Å². The summed E-state index contributed by atoms with van der Waals surface area (Å²) < 4.78 is 37.6. The molecule has 0 radical (unpaired) electrons. The average molecular weight is 461 g/mol. The number of carbonyl (C=O) groups is 1. The van der Waals surface area contributed by atoms with Gasteiger partial charge in [0, 0.05) is 24.3 Å². The minimum Gasteiger partial charge on any atom is -0.411 e. The number of thioether (sulfide) groups is 1. The van der Waals surface area contributed by atoms with E-state index in [9.17, 15) is 13.2 Å². The highest BCUT2D eigenvalue weighted by Gasteiger charge is 2.26. The van der Waals surface area contributed by atoms with Crippen molar-refractivity contribution in [1.29, 1.82) is 0 Å². The number of morpholine rings is 1. The van der Waals surface area contributed by atoms with Gasteiger partial charge in [0.25, 0.3) is 5.22 Å². The van der Waals surface area contributed by atoms with E-state index < -0.39 is 10.0 Å². The zero-order valence-electron chi connectivity index (χ0n) is 16.4. The molecule has 1 aliphatic heterocycles. The first kappa shape index (κ1) is 21.5. The second kappa shape index (κ2) is 9.60. The van der Waals surface area contributed by atoms with Gasteiger partial charge in [0.2, 0.25) is 21.8 Å². The number of rotatable bonds is 7. The lowest BCUT2D eigenvalue weighted by Crippen LogP contribution is -2.40. The van der Waals surface area contributed by atoms with E-state index in [1.807, 2.05) is 18.2 Å². The lowest BCUT2D eigenvalue weighted by molar-refractivity contribution is -0.113. The molecule has 9 nitrogen and oxygen atoms in total. The van der Waals surface area contributed by atoms with Crippen molar-refractivity contribution in [2.75, 3.05) is 37.4 Å². The van der Waals surface area contributed by atoms with Crippen LogP contribution in [0, 0.1) is 0 Å². The molecular formula is C20H20N4O5S2. The number of hydrogen-bond acceptors (Lipinski definition) is 8. The molecular weight excluding hydrogens is 440 g/mol. The van der Waals surface area contributed by atoms with Gasteiger partial charge in [-0.2, -0.15) is 4.31 Å². The Morgan fingerprint density at radius 2 is 1.74 bits per heavy atom. The summed E-state index contributed by atoms with van der Waals surface area (Å²) in [6, 6.07) is 15.4. The van der Waals surface area contributed by atoms with Crippen molar-refractivity contribution in [3.63, 3.8) is 0 Å². The second-order valence-electron chi connectivity index (χ2n) is 6.62. The number of sulfonamides is 1. The third-order valence-electron chi connectivity index (χ3n) is 4.50. The SMILES string of the molecule is O=C(CSc1nnc(-c2ccc(S(=O)(=O)N3CCOCC3)cc2)o1)Nc1ccccc1. The predicted octanol–water partition coefficient (Wildman–Crippen LogP) is 2.49. The quantitative estimate of drug-likeness (QED) is 0.535. The van der Waals surface area contributed by atoms with Crippen LogP contribution in [0.5, 0.6) is 0 Å². The number of aromatic nitrogens is 2. The minimum atomic E-state index is -3.56. The van der Waals surface area contributed by atoms with Gasteiger partial charge in [0.05, 0.1) is 23.9 Å². The normalized spacial score (nSPS) is 15.0. The fraction of sp³-hybridized carbons (Fsp3) is 0.250. The van der Waals surface area contributed by atoms with Crippen LogP contribution in [-0.4, -0.2) is 60.9 Å². The Labute approximate surface area is 183 Å². The van der Waals surface area contributed by atoms with Crippen LogP contribution < -0.4 is 5.32 Å². The van der Waals surface area contributed by atoms with Crippen molar-refractivity contribution in [3.05, 3.63) is 54.6 Å². The molecule has 0 aliphatic carbocycles. The van der Waals surface area contributed by atoms with Crippen LogP contribution in [0.25, 0.3) is 11.5 Å². The number of anilines is 1. The van der Waals surface area contributed by atoms with E-state index in [1.54, 1.807) is 24.3 Å². The van der Waals surface area contributed by atoms with Gasteiger partial charge in [-0.05, 0) is 36.4 Å². The summed E-state index contributed by atoms with van der Waals surface area (Å²) in [5, 5.41) is 11.0. The molecule has 2 heterocycles. The molecule has 4 rings (SSSR count). The number of para-hydroxylation sites is 1. The molecule has 0 atom stereocenters. The topological polar surface area (TPSA) is 115 Å². The van der Waals surface area contributed by atoms with E-state index in [1.165, 1.54) is 16.4 Å². The van der Waals surface area contributed by atoms with Crippen molar-refractivity contribution in [3.8, 4) is 11.5 Å². The monoisotopic (exact) mass is 460 g/mol. The molecule has 1 N–H and O–H groups in total. The van der Waals surface area contributed by atoms with Crippen LogP contribution in [0.2, 0.25) is 0 Å². The molecule has 3 aromatic rings. The zero-order chi connectivity index (χ0) is 21.7. The van der Waals surface area contributed by atoms with Crippen molar-refractivity contribution in [2.45, 2.75) is 10.1 Å². The van der Waals surface area contributed by atoms with Crippen molar-refractivity contribution < 1.29 is 22.4 Å². The van der Waals surface area contributed by atoms with Crippen molar-refractivity contribution in [1.82, 2.24) is 14.5 Å². The first-order valence-corrected chi connectivity index (χ1v) is 11.9. The Bertz CT molecular complexity index is 1130. The van der Waals surface area contributed by atoms with Gasteiger partial charge in [-0.25, -0.2) is 8.42 Å². The van der Waals surface area contributed by atoms with Gasteiger partial charge < -0.3 is 14.5 Å². The summed E-state index contributed by atoms with van der Waals surface area (Å²) in [4.78, 5) is 12.2. The first-order valence-electron chi connectivity index (χ1n) is 9.52.